The van der Waals surface area contributed by atoms with Crippen LogP contribution in [-0.4, -0.2) is 43.4 Å². The molecular formula is C30H52O4. The van der Waals surface area contributed by atoms with Crippen molar-refractivity contribution in [2.75, 3.05) is 20.3 Å². The molecule has 4 aliphatic carbocycles. The maximum Gasteiger partial charge on any atom is 0.168 e. The predicted octanol–water partition coefficient (Wildman–Crippen LogP) is 6.45. The van der Waals surface area contributed by atoms with Gasteiger partial charge < -0.3 is 19.3 Å². The van der Waals surface area contributed by atoms with Gasteiger partial charge in [-0.05, 0) is 104 Å². The third-order valence-corrected chi connectivity index (χ3v) is 12.2. The average molecular weight is 477 g/mol. The normalized spacial score (nSPS) is 47.3. The Hall–Kier alpha value is -0.160. The quantitative estimate of drug-likeness (QED) is 0.479. The minimum Gasteiger partial charge on any atom is -0.393 e. The molecule has 34 heavy (non-hydrogen) atoms. The molecule has 0 amide bonds. The van der Waals surface area contributed by atoms with E-state index in [0.29, 0.717) is 40.6 Å². The van der Waals surface area contributed by atoms with Crippen LogP contribution in [0.15, 0.2) is 0 Å². The largest absolute Gasteiger partial charge is 0.393 e. The van der Waals surface area contributed by atoms with E-state index in [1.165, 1.54) is 38.5 Å². The van der Waals surface area contributed by atoms with Crippen molar-refractivity contribution in [3.63, 3.8) is 0 Å². The summed E-state index contributed by atoms with van der Waals surface area (Å²) in [6.07, 6.45) is 12.4. The molecule has 4 heteroatoms. The highest BCUT2D eigenvalue weighted by Gasteiger charge is 2.64. The molecule has 7 unspecified atom stereocenters. The van der Waals surface area contributed by atoms with Crippen molar-refractivity contribution in [1.82, 2.24) is 0 Å². The van der Waals surface area contributed by atoms with Gasteiger partial charge in [0.25, 0.3) is 0 Å². The van der Waals surface area contributed by atoms with Gasteiger partial charge in [0.15, 0.2) is 5.79 Å². The molecule has 0 bridgehead atoms. The first-order valence-corrected chi connectivity index (χ1v) is 14.6. The summed E-state index contributed by atoms with van der Waals surface area (Å²) in [4.78, 5) is 0. The molecule has 1 saturated heterocycles. The van der Waals surface area contributed by atoms with Gasteiger partial charge in [0.2, 0.25) is 0 Å². The Balaban J connectivity index is 1.34. The smallest absolute Gasteiger partial charge is 0.168 e. The Labute approximate surface area is 208 Å². The third kappa shape index (κ3) is 4.02. The molecule has 1 heterocycles. The van der Waals surface area contributed by atoms with Crippen LogP contribution in [0.3, 0.4) is 0 Å². The van der Waals surface area contributed by atoms with Crippen LogP contribution >= 0.6 is 0 Å². The fraction of sp³-hybridized carbons (Fsp3) is 1.00. The molecule has 0 radical (unpaired) electrons. The van der Waals surface area contributed by atoms with Crippen LogP contribution in [0.25, 0.3) is 0 Å². The second-order valence-electron chi connectivity index (χ2n) is 13.9. The van der Waals surface area contributed by atoms with E-state index >= 15 is 0 Å². The second-order valence-corrected chi connectivity index (χ2v) is 13.9. The molecule has 1 N–H and O–H groups in total. The van der Waals surface area contributed by atoms with E-state index in [1.807, 2.05) is 7.11 Å². The number of methoxy groups -OCH3 is 1. The van der Waals surface area contributed by atoms with Crippen molar-refractivity contribution < 1.29 is 19.3 Å². The van der Waals surface area contributed by atoms with Gasteiger partial charge in [-0.1, -0.05) is 34.6 Å². The number of hydrogen-bond acceptors (Lipinski definition) is 4. The van der Waals surface area contributed by atoms with E-state index in [4.69, 9.17) is 14.2 Å². The van der Waals surface area contributed by atoms with Crippen molar-refractivity contribution in [3.8, 4) is 0 Å². The summed E-state index contributed by atoms with van der Waals surface area (Å²) >= 11 is 0. The molecule has 196 valence electrons. The van der Waals surface area contributed by atoms with Crippen LogP contribution in [0.1, 0.15) is 98.8 Å². The van der Waals surface area contributed by atoms with Gasteiger partial charge in [-0.25, -0.2) is 0 Å². The van der Waals surface area contributed by atoms with Gasteiger partial charge in [-0.3, -0.25) is 0 Å². The maximum atomic E-state index is 10.4. The zero-order chi connectivity index (χ0) is 24.3. The lowest BCUT2D eigenvalue weighted by molar-refractivity contribution is -0.245. The van der Waals surface area contributed by atoms with Crippen LogP contribution in [0.4, 0.5) is 0 Å². The van der Waals surface area contributed by atoms with Gasteiger partial charge >= 0.3 is 0 Å². The van der Waals surface area contributed by atoms with Crippen LogP contribution in [-0.2, 0) is 14.2 Å². The SMILES string of the molecule is CO[C@@H]1C[C@H]2CC3(CCC2(C)C2CCC4(C)C(CCC4[C@H](C)CCC(O)C(C)C)C21)OCCO3. The summed E-state index contributed by atoms with van der Waals surface area (Å²) in [5, 5.41) is 10.4. The fourth-order valence-electron chi connectivity index (χ4n) is 10.1. The minimum absolute atomic E-state index is 0.154. The lowest BCUT2D eigenvalue weighted by Gasteiger charge is -2.63. The fourth-order valence-corrected chi connectivity index (χ4v) is 10.1. The van der Waals surface area contributed by atoms with Gasteiger partial charge in [0.1, 0.15) is 0 Å². The molecule has 5 aliphatic rings. The standard InChI is InChI=1S/C30H52O4/c1-19(2)25(31)10-7-20(3)22-8-9-23-27-24(11-12-29(22,23)5)28(4)13-14-30(33-15-16-34-30)18-21(28)17-26(27)32-6/h19-27,31H,7-18H2,1-6H3/t20-,21+,22?,23?,24?,25?,26-,27?,28?,29?/m1/s1. The number of rotatable bonds is 6. The van der Waals surface area contributed by atoms with Crippen LogP contribution < -0.4 is 0 Å². The molecule has 5 fully saturated rings. The molecular weight excluding hydrogens is 424 g/mol. The molecule has 0 aromatic heterocycles. The maximum absolute atomic E-state index is 10.4. The van der Waals surface area contributed by atoms with E-state index in [0.717, 1.165) is 56.7 Å². The predicted molar refractivity (Wildman–Crippen MR) is 135 cm³/mol. The summed E-state index contributed by atoms with van der Waals surface area (Å²) in [5.74, 6) is 4.44. The average Bonchev–Trinajstić information content (AvgIpc) is 3.41. The number of hydrogen-bond donors (Lipinski definition) is 1. The monoisotopic (exact) mass is 476 g/mol. The zero-order valence-electron chi connectivity index (χ0n) is 22.9. The number of aliphatic hydroxyl groups excluding tert-OH is 1. The first kappa shape index (κ1) is 25.5. The Morgan fingerprint density at radius 2 is 1.62 bits per heavy atom. The molecule has 1 spiro atoms. The van der Waals surface area contributed by atoms with E-state index in [2.05, 4.69) is 34.6 Å². The number of fused-ring (bicyclic) bond motifs is 5. The van der Waals surface area contributed by atoms with Crippen molar-refractivity contribution >= 4 is 0 Å². The molecule has 0 aromatic carbocycles. The lowest BCUT2D eigenvalue weighted by Crippen LogP contribution is -2.60. The second kappa shape index (κ2) is 9.30. The first-order chi connectivity index (χ1) is 16.1. The molecule has 4 saturated carbocycles. The van der Waals surface area contributed by atoms with Crippen molar-refractivity contribution in [1.29, 1.82) is 0 Å². The molecule has 1 aliphatic heterocycles. The van der Waals surface area contributed by atoms with Crippen molar-refractivity contribution in [2.45, 2.75) is 117 Å². The van der Waals surface area contributed by atoms with Crippen LogP contribution in [0.2, 0.25) is 0 Å². The number of ether oxygens (including phenoxy) is 3. The van der Waals surface area contributed by atoms with E-state index in [1.54, 1.807) is 0 Å². The first-order valence-electron chi connectivity index (χ1n) is 14.6. The highest BCUT2D eigenvalue weighted by atomic mass is 16.7. The topological polar surface area (TPSA) is 47.9 Å². The Kier molecular flexibility index (Phi) is 6.97. The van der Waals surface area contributed by atoms with Crippen molar-refractivity contribution in [3.05, 3.63) is 0 Å². The van der Waals surface area contributed by atoms with Gasteiger partial charge in [-0.2, -0.15) is 0 Å². The molecule has 5 rings (SSSR count). The Morgan fingerprint density at radius 3 is 2.29 bits per heavy atom. The molecule has 10 atom stereocenters. The van der Waals surface area contributed by atoms with Gasteiger partial charge in [-0.15, -0.1) is 0 Å². The van der Waals surface area contributed by atoms with Gasteiger partial charge in [0, 0.05) is 20.0 Å². The highest BCUT2D eigenvalue weighted by Crippen LogP contribution is 2.69. The summed E-state index contributed by atoms with van der Waals surface area (Å²) in [7, 11) is 1.97. The zero-order valence-corrected chi connectivity index (χ0v) is 22.9. The molecule has 0 aromatic rings. The summed E-state index contributed by atoms with van der Waals surface area (Å²) in [5.41, 5.74) is 0.823. The van der Waals surface area contributed by atoms with Gasteiger partial charge in [0.05, 0.1) is 25.4 Å². The Morgan fingerprint density at radius 1 is 0.912 bits per heavy atom. The van der Waals surface area contributed by atoms with Crippen LogP contribution in [0.5, 0.6) is 0 Å². The van der Waals surface area contributed by atoms with E-state index in [9.17, 15) is 5.11 Å². The third-order valence-electron chi connectivity index (χ3n) is 12.2. The molecule has 4 nitrogen and oxygen atoms in total. The van der Waals surface area contributed by atoms with Crippen molar-refractivity contribution in [2.24, 2.45) is 52.3 Å². The lowest BCUT2D eigenvalue weighted by atomic mass is 9.43. The number of aliphatic hydroxyl groups is 1. The summed E-state index contributed by atoms with van der Waals surface area (Å²) < 4.78 is 18.7. The summed E-state index contributed by atoms with van der Waals surface area (Å²) in [6.45, 7) is 13.5. The van der Waals surface area contributed by atoms with Crippen LogP contribution in [0, 0.1) is 52.3 Å². The highest BCUT2D eigenvalue weighted by molar-refractivity contribution is 5.13. The summed E-state index contributed by atoms with van der Waals surface area (Å²) in [6, 6.07) is 0. The van der Waals surface area contributed by atoms with E-state index < -0.39 is 0 Å². The van der Waals surface area contributed by atoms with E-state index in [-0.39, 0.29) is 11.9 Å². The minimum atomic E-state index is -0.299. The Bertz CT molecular complexity index is 717.